The molecule has 2 nitrogen and oxygen atoms in total. The van der Waals surface area contributed by atoms with Crippen molar-refractivity contribution in [2.24, 2.45) is 0 Å². The lowest BCUT2D eigenvalue weighted by atomic mass is 10.2. The molecule has 0 bridgehead atoms. The Kier molecular flexibility index (Phi) is 2.26. The van der Waals surface area contributed by atoms with E-state index in [1.807, 2.05) is 19.1 Å². The highest BCUT2D eigenvalue weighted by Crippen LogP contribution is 1.96. The summed E-state index contributed by atoms with van der Waals surface area (Å²) in [4.78, 5) is 0. The minimum Gasteiger partial charge on any atom is -0.618 e. The first kappa shape index (κ1) is 7.79. The van der Waals surface area contributed by atoms with Crippen molar-refractivity contribution in [3.63, 3.8) is 0 Å². The summed E-state index contributed by atoms with van der Waals surface area (Å²) in [6.07, 6.45) is 3.92. The Hall–Kier alpha value is -1.31. The molecule has 0 aliphatic carbocycles. The second kappa shape index (κ2) is 3.19. The van der Waals surface area contributed by atoms with Gasteiger partial charge < -0.3 is 5.21 Å². The van der Waals surface area contributed by atoms with Crippen molar-refractivity contribution >= 4 is 0 Å². The average molecular weight is 149 g/mol. The van der Waals surface area contributed by atoms with Crippen LogP contribution < -0.4 is 4.73 Å². The highest BCUT2D eigenvalue weighted by molar-refractivity contribution is 5.09. The van der Waals surface area contributed by atoms with Crippen LogP contribution in [0.5, 0.6) is 0 Å². The second-order valence-corrected chi connectivity index (χ2v) is 2.52. The number of hydrogen-bond acceptors (Lipinski definition) is 1. The number of allylic oxidation sites excluding steroid dienone is 1. The summed E-state index contributed by atoms with van der Waals surface area (Å²) in [6, 6.07) is 3.75. The highest BCUT2D eigenvalue weighted by Gasteiger charge is 2.00. The van der Waals surface area contributed by atoms with Gasteiger partial charge in [-0.1, -0.05) is 6.08 Å². The van der Waals surface area contributed by atoms with E-state index in [1.54, 1.807) is 12.3 Å². The standard InChI is InChI=1S/C9H11NO/c1-3-4-9-6-5-8(2)7-10(9)11/h3,5-7H,1,4H2,2H3. The molecule has 0 aliphatic heterocycles. The van der Waals surface area contributed by atoms with Crippen LogP contribution in [0.2, 0.25) is 0 Å². The van der Waals surface area contributed by atoms with Gasteiger partial charge >= 0.3 is 0 Å². The van der Waals surface area contributed by atoms with Gasteiger partial charge in [0.1, 0.15) is 0 Å². The summed E-state index contributed by atoms with van der Waals surface area (Å²) < 4.78 is 0.886. The highest BCUT2D eigenvalue weighted by atomic mass is 16.5. The van der Waals surface area contributed by atoms with Crippen LogP contribution in [0.1, 0.15) is 11.3 Å². The monoisotopic (exact) mass is 149 g/mol. The lowest BCUT2D eigenvalue weighted by Gasteiger charge is -2.01. The molecule has 0 spiro atoms. The topological polar surface area (TPSA) is 26.9 Å². The third-order valence-electron chi connectivity index (χ3n) is 1.50. The van der Waals surface area contributed by atoms with Gasteiger partial charge in [0.25, 0.3) is 0 Å². The Morgan fingerprint density at radius 2 is 2.36 bits per heavy atom. The summed E-state index contributed by atoms with van der Waals surface area (Å²) >= 11 is 0. The van der Waals surface area contributed by atoms with E-state index in [0.29, 0.717) is 6.42 Å². The molecule has 0 fully saturated rings. The molecule has 0 unspecified atom stereocenters. The van der Waals surface area contributed by atoms with E-state index in [2.05, 4.69) is 6.58 Å². The second-order valence-electron chi connectivity index (χ2n) is 2.52. The summed E-state index contributed by atoms with van der Waals surface area (Å²) in [5, 5.41) is 11.1. The van der Waals surface area contributed by atoms with Crippen LogP contribution in [0.3, 0.4) is 0 Å². The SMILES string of the molecule is C=CCc1ccc(C)c[n+]1[O-]. The van der Waals surface area contributed by atoms with E-state index in [4.69, 9.17) is 0 Å². The Morgan fingerprint density at radius 1 is 1.64 bits per heavy atom. The molecular formula is C9H11NO. The van der Waals surface area contributed by atoms with Crippen LogP contribution in [0.4, 0.5) is 0 Å². The molecule has 0 aromatic carbocycles. The van der Waals surface area contributed by atoms with Gasteiger partial charge in [0.15, 0.2) is 11.9 Å². The van der Waals surface area contributed by atoms with Crippen molar-refractivity contribution in [1.82, 2.24) is 0 Å². The number of aromatic nitrogens is 1. The first-order valence-electron chi connectivity index (χ1n) is 3.53. The van der Waals surface area contributed by atoms with Crippen LogP contribution in [0.15, 0.2) is 31.0 Å². The maximum absolute atomic E-state index is 11.1. The number of pyridine rings is 1. The molecule has 0 saturated carbocycles. The van der Waals surface area contributed by atoms with Crippen LogP contribution in [0.25, 0.3) is 0 Å². The number of hydrogen-bond donors (Lipinski definition) is 0. The molecule has 0 saturated heterocycles. The molecule has 0 N–H and O–H groups in total. The predicted molar refractivity (Wildman–Crippen MR) is 44.0 cm³/mol. The van der Waals surface area contributed by atoms with Crippen molar-refractivity contribution in [2.45, 2.75) is 13.3 Å². The predicted octanol–water partition coefficient (Wildman–Crippen LogP) is 1.36. The average Bonchev–Trinajstić information content (AvgIpc) is 1.95. The first-order valence-corrected chi connectivity index (χ1v) is 3.53. The number of aryl methyl sites for hydroxylation is 1. The van der Waals surface area contributed by atoms with E-state index in [9.17, 15) is 5.21 Å². The van der Waals surface area contributed by atoms with Gasteiger partial charge in [-0.25, -0.2) is 0 Å². The van der Waals surface area contributed by atoms with Crippen LogP contribution in [0, 0.1) is 12.1 Å². The van der Waals surface area contributed by atoms with Gasteiger partial charge in [-0.15, -0.1) is 6.58 Å². The summed E-state index contributed by atoms with van der Waals surface area (Å²) in [6.45, 7) is 5.46. The number of rotatable bonds is 2. The van der Waals surface area contributed by atoms with Gasteiger partial charge in [0, 0.05) is 11.6 Å². The van der Waals surface area contributed by atoms with Crippen molar-refractivity contribution in [3.8, 4) is 0 Å². The van der Waals surface area contributed by atoms with Gasteiger partial charge in [-0.05, 0) is 13.0 Å². The smallest absolute Gasteiger partial charge is 0.196 e. The van der Waals surface area contributed by atoms with Crippen molar-refractivity contribution < 1.29 is 4.73 Å². The Bertz CT molecular complexity index is 268. The molecule has 1 aromatic rings. The zero-order valence-corrected chi connectivity index (χ0v) is 6.58. The Labute approximate surface area is 66.4 Å². The van der Waals surface area contributed by atoms with Gasteiger partial charge in [0.2, 0.25) is 0 Å². The maximum Gasteiger partial charge on any atom is 0.196 e. The quantitative estimate of drug-likeness (QED) is 0.354. The molecule has 58 valence electrons. The molecule has 2 heteroatoms. The third kappa shape index (κ3) is 1.80. The molecule has 1 aromatic heterocycles. The Balaban J connectivity index is 2.98. The molecule has 0 amide bonds. The lowest BCUT2D eigenvalue weighted by Crippen LogP contribution is -2.31. The van der Waals surface area contributed by atoms with Gasteiger partial charge in [-0.3, -0.25) is 0 Å². The minimum atomic E-state index is 0.629. The third-order valence-corrected chi connectivity index (χ3v) is 1.50. The molecule has 11 heavy (non-hydrogen) atoms. The zero-order valence-electron chi connectivity index (χ0n) is 6.58. The fraction of sp³-hybridized carbons (Fsp3) is 0.222. The minimum absolute atomic E-state index is 0.629. The molecule has 0 radical (unpaired) electrons. The first-order chi connectivity index (χ1) is 5.24. The normalized spacial score (nSPS) is 9.55. The molecule has 1 heterocycles. The summed E-state index contributed by atoms with van der Waals surface area (Å²) in [5.74, 6) is 0. The molecule has 0 aliphatic rings. The summed E-state index contributed by atoms with van der Waals surface area (Å²) in [7, 11) is 0. The lowest BCUT2D eigenvalue weighted by molar-refractivity contribution is -0.613. The van der Waals surface area contributed by atoms with E-state index in [1.165, 1.54) is 0 Å². The maximum atomic E-state index is 11.1. The van der Waals surface area contributed by atoms with Crippen molar-refractivity contribution in [1.29, 1.82) is 0 Å². The van der Waals surface area contributed by atoms with E-state index in [-0.39, 0.29) is 0 Å². The largest absolute Gasteiger partial charge is 0.618 e. The fourth-order valence-corrected chi connectivity index (χ4v) is 0.918. The van der Waals surface area contributed by atoms with Gasteiger partial charge in [-0.2, -0.15) is 4.73 Å². The van der Waals surface area contributed by atoms with E-state index < -0.39 is 0 Å². The van der Waals surface area contributed by atoms with Crippen molar-refractivity contribution in [3.05, 3.63) is 47.4 Å². The van der Waals surface area contributed by atoms with E-state index in [0.717, 1.165) is 16.0 Å². The van der Waals surface area contributed by atoms with Crippen LogP contribution >= 0.6 is 0 Å². The van der Waals surface area contributed by atoms with E-state index >= 15 is 0 Å². The molecular weight excluding hydrogens is 138 g/mol. The fourth-order valence-electron chi connectivity index (χ4n) is 0.918. The van der Waals surface area contributed by atoms with Crippen LogP contribution in [-0.4, -0.2) is 0 Å². The number of nitrogens with zero attached hydrogens (tertiary/aromatic N) is 1. The van der Waals surface area contributed by atoms with Gasteiger partial charge in [0.05, 0.1) is 6.42 Å². The zero-order chi connectivity index (χ0) is 8.27. The van der Waals surface area contributed by atoms with Crippen LogP contribution in [-0.2, 0) is 6.42 Å². The molecule has 1 rings (SSSR count). The Morgan fingerprint density at radius 3 is 2.91 bits per heavy atom. The van der Waals surface area contributed by atoms with Crippen molar-refractivity contribution in [2.75, 3.05) is 0 Å². The summed E-state index contributed by atoms with van der Waals surface area (Å²) in [5.41, 5.74) is 1.72. The molecule has 0 atom stereocenters.